The molecule has 0 saturated heterocycles. The maximum atomic E-state index is 5.82. The first kappa shape index (κ1) is 27.6. The molecule has 0 aliphatic carbocycles. The lowest BCUT2D eigenvalue weighted by molar-refractivity contribution is -0.138. The number of benzene rings is 2. The van der Waals surface area contributed by atoms with Gasteiger partial charge in [-0.3, -0.25) is 0 Å². The number of hydrogen-bond acceptors (Lipinski definition) is 4. The Kier molecular flexibility index (Phi) is 14.2. The van der Waals surface area contributed by atoms with Crippen molar-refractivity contribution in [3.63, 3.8) is 0 Å². The third-order valence-corrected chi connectivity index (χ3v) is 3.95. The molecule has 2 aromatic carbocycles. The molecule has 0 aliphatic rings. The van der Waals surface area contributed by atoms with Crippen LogP contribution in [0.25, 0.3) is 0 Å². The van der Waals surface area contributed by atoms with Crippen LogP contribution in [0.3, 0.4) is 0 Å². The van der Waals surface area contributed by atoms with Crippen LogP contribution in [0.1, 0.15) is 37.8 Å². The summed E-state index contributed by atoms with van der Waals surface area (Å²) in [4.78, 5) is 0. The molecule has 8 heteroatoms. The van der Waals surface area contributed by atoms with Gasteiger partial charge in [-0.25, -0.2) is 10.8 Å². The molecule has 2 rings (SSSR count). The molecule has 0 unspecified atom stereocenters. The molecule has 0 spiro atoms. The van der Waals surface area contributed by atoms with Gasteiger partial charge >= 0.3 is 11.8 Å². The predicted octanol–water partition coefficient (Wildman–Crippen LogP) is -4.98. The van der Waals surface area contributed by atoms with Crippen LogP contribution in [-0.2, 0) is 9.47 Å². The molecule has 0 radical (unpaired) electrons. The highest BCUT2D eigenvalue weighted by Gasteiger charge is 2.08. The van der Waals surface area contributed by atoms with Crippen molar-refractivity contribution >= 4 is 11.8 Å². The van der Waals surface area contributed by atoms with E-state index in [9.17, 15) is 0 Å². The molecule has 4 N–H and O–H groups in total. The van der Waals surface area contributed by atoms with Gasteiger partial charge < -0.3 is 43.8 Å². The standard InChI is InChI=1S/C22H28N2O4.2ClH/c1-3-25-21(23)17-7-11-19(12-8-17)27-15-5-6-16-28-20-13-9-18(10-14-20)22(24)26-4-2;;/h7-14,23-24H,3-6,15-16H2,1-2H3;2*1H. The summed E-state index contributed by atoms with van der Waals surface area (Å²) in [6.07, 6.45) is 1.80. The minimum absolute atomic E-state index is 0. The van der Waals surface area contributed by atoms with E-state index in [2.05, 4.69) is 0 Å². The minimum Gasteiger partial charge on any atom is -1.00 e. The average Bonchev–Trinajstić information content (AvgIpc) is 2.72. The smallest absolute Gasteiger partial charge is 0.366 e. The zero-order chi connectivity index (χ0) is 20.2. The van der Waals surface area contributed by atoms with Gasteiger partial charge in [0.05, 0.1) is 37.6 Å². The van der Waals surface area contributed by atoms with E-state index in [1.807, 2.05) is 62.4 Å². The van der Waals surface area contributed by atoms with Gasteiger partial charge in [-0.1, -0.05) is 0 Å². The van der Waals surface area contributed by atoms with Crippen LogP contribution in [0.15, 0.2) is 48.5 Å². The fraction of sp³-hybridized carbons (Fsp3) is 0.364. The monoisotopic (exact) mass is 456 g/mol. The summed E-state index contributed by atoms with van der Waals surface area (Å²) in [5.41, 5.74) is 1.71. The first-order valence-electron chi connectivity index (χ1n) is 9.61. The first-order valence-corrected chi connectivity index (χ1v) is 9.61. The molecule has 30 heavy (non-hydrogen) atoms. The van der Waals surface area contributed by atoms with E-state index >= 15 is 0 Å². The maximum Gasteiger partial charge on any atom is 0.366 e. The number of hydrogen-bond donors (Lipinski definition) is 2. The third-order valence-electron chi connectivity index (χ3n) is 3.95. The zero-order valence-electron chi connectivity index (χ0n) is 17.4. The van der Waals surface area contributed by atoms with Crippen LogP contribution in [0.5, 0.6) is 11.5 Å². The average molecular weight is 457 g/mol. The van der Waals surface area contributed by atoms with Crippen LogP contribution < -0.4 is 45.1 Å². The van der Waals surface area contributed by atoms with Gasteiger partial charge in [0.2, 0.25) is 0 Å². The molecular formula is C22H30Cl2N2O4. The van der Waals surface area contributed by atoms with Crippen molar-refractivity contribution < 1.29 is 54.6 Å². The summed E-state index contributed by atoms with van der Waals surface area (Å²) in [6, 6.07) is 15.1. The molecule has 6 nitrogen and oxygen atoms in total. The highest BCUT2D eigenvalue weighted by atomic mass is 35.5. The molecule has 2 aromatic rings. The largest absolute Gasteiger partial charge is 1.00 e. The van der Waals surface area contributed by atoms with Crippen LogP contribution in [0.2, 0.25) is 0 Å². The van der Waals surface area contributed by atoms with Gasteiger partial charge in [0, 0.05) is 0 Å². The molecule has 0 bridgehead atoms. The number of unbranched alkanes of at least 4 members (excludes halogenated alkanes) is 1. The van der Waals surface area contributed by atoms with Crippen molar-refractivity contribution in [2.24, 2.45) is 0 Å². The Labute approximate surface area is 190 Å². The molecule has 0 amide bonds. The highest BCUT2D eigenvalue weighted by molar-refractivity contribution is 5.89. The zero-order valence-corrected chi connectivity index (χ0v) is 18.9. The number of ether oxygens (including phenoxy) is 4. The van der Waals surface area contributed by atoms with E-state index < -0.39 is 0 Å². The van der Waals surface area contributed by atoms with Crippen molar-refractivity contribution in [1.82, 2.24) is 0 Å². The Bertz CT molecular complexity index is 687. The second-order valence-electron chi connectivity index (χ2n) is 6.05. The molecule has 166 valence electrons. The Morgan fingerprint density at radius 1 is 0.633 bits per heavy atom. The van der Waals surface area contributed by atoms with Crippen molar-refractivity contribution in [2.75, 3.05) is 26.4 Å². The van der Waals surface area contributed by atoms with Crippen LogP contribution >= 0.6 is 0 Å². The molecular weight excluding hydrogens is 427 g/mol. The van der Waals surface area contributed by atoms with Crippen molar-refractivity contribution in [1.29, 1.82) is 0 Å². The summed E-state index contributed by atoms with van der Waals surface area (Å²) in [5.74, 6) is 2.48. The van der Waals surface area contributed by atoms with E-state index in [1.54, 1.807) is 0 Å². The SMILES string of the molecule is CCOC(=[NH2+])c1ccc(OCCCCOc2ccc(C(=[NH2+])OCC)cc2)cc1.[Cl-].[Cl-]. The lowest BCUT2D eigenvalue weighted by Crippen LogP contribution is -3.00. The summed E-state index contributed by atoms with van der Waals surface area (Å²) < 4.78 is 22.1. The van der Waals surface area contributed by atoms with Crippen LogP contribution in [0.4, 0.5) is 0 Å². The second kappa shape index (κ2) is 15.4. The van der Waals surface area contributed by atoms with Crippen molar-refractivity contribution in [3.05, 3.63) is 59.7 Å². The lowest BCUT2D eigenvalue weighted by Gasteiger charge is -2.08. The third kappa shape index (κ3) is 9.37. The Hall–Kier alpha value is -2.44. The Morgan fingerprint density at radius 2 is 0.967 bits per heavy atom. The topological polar surface area (TPSA) is 88.1 Å². The van der Waals surface area contributed by atoms with Crippen molar-refractivity contribution in [2.45, 2.75) is 26.7 Å². The Balaban J connectivity index is 0.00000420. The summed E-state index contributed by atoms with van der Waals surface area (Å²) in [7, 11) is 0. The van der Waals surface area contributed by atoms with Gasteiger partial charge in [-0.2, -0.15) is 0 Å². The molecule has 0 saturated carbocycles. The normalized spacial score (nSPS) is 9.53. The molecule has 0 atom stereocenters. The maximum absolute atomic E-state index is 5.82. The van der Waals surface area contributed by atoms with E-state index in [-0.39, 0.29) is 24.8 Å². The van der Waals surface area contributed by atoms with Crippen LogP contribution in [0, 0.1) is 0 Å². The number of nitrogens with two attached hydrogens (primary N) is 2. The fourth-order valence-electron chi connectivity index (χ4n) is 2.49. The number of halogens is 2. The fourth-order valence-corrected chi connectivity index (χ4v) is 2.49. The minimum atomic E-state index is 0. The quantitative estimate of drug-likeness (QED) is 0.201. The second-order valence-corrected chi connectivity index (χ2v) is 6.05. The van der Waals surface area contributed by atoms with E-state index in [0.29, 0.717) is 38.2 Å². The highest BCUT2D eigenvalue weighted by Crippen LogP contribution is 2.14. The Morgan fingerprint density at radius 3 is 1.27 bits per heavy atom. The molecule has 0 heterocycles. The van der Waals surface area contributed by atoms with Gasteiger partial charge in [0.1, 0.15) is 11.5 Å². The van der Waals surface area contributed by atoms with Gasteiger partial charge in [0.15, 0.2) is 0 Å². The van der Waals surface area contributed by atoms with Gasteiger partial charge in [0.25, 0.3) is 0 Å². The lowest BCUT2D eigenvalue weighted by atomic mass is 10.2. The van der Waals surface area contributed by atoms with E-state index in [1.165, 1.54) is 0 Å². The summed E-state index contributed by atoms with van der Waals surface area (Å²) in [6.45, 7) is 6.17. The summed E-state index contributed by atoms with van der Waals surface area (Å²) >= 11 is 0. The summed E-state index contributed by atoms with van der Waals surface area (Å²) in [5, 5.41) is 11.6. The number of rotatable bonds is 11. The van der Waals surface area contributed by atoms with Crippen LogP contribution in [-0.4, -0.2) is 38.2 Å². The molecule has 0 aliphatic heterocycles. The van der Waals surface area contributed by atoms with E-state index in [4.69, 9.17) is 29.8 Å². The molecule has 0 fully saturated rings. The van der Waals surface area contributed by atoms with Crippen molar-refractivity contribution in [3.8, 4) is 11.5 Å². The molecule has 0 aromatic heterocycles. The van der Waals surface area contributed by atoms with E-state index in [0.717, 1.165) is 35.5 Å². The first-order chi connectivity index (χ1) is 13.6. The van der Waals surface area contributed by atoms with Gasteiger partial charge in [-0.15, -0.1) is 0 Å². The van der Waals surface area contributed by atoms with Gasteiger partial charge in [-0.05, 0) is 75.2 Å². The predicted molar refractivity (Wildman–Crippen MR) is 108 cm³/mol.